The van der Waals surface area contributed by atoms with Gasteiger partial charge in [-0.05, 0) is 31.7 Å². The van der Waals surface area contributed by atoms with Crippen LogP contribution in [0.25, 0.3) is 0 Å². The zero-order valence-electron chi connectivity index (χ0n) is 15.5. The van der Waals surface area contributed by atoms with Gasteiger partial charge in [-0.1, -0.05) is 5.16 Å². The summed E-state index contributed by atoms with van der Waals surface area (Å²) in [7, 11) is 3.74. The van der Waals surface area contributed by atoms with Crippen molar-refractivity contribution < 1.29 is 4.84 Å². The molecule has 9 nitrogen and oxygen atoms in total. The van der Waals surface area contributed by atoms with Crippen molar-refractivity contribution in [3.63, 3.8) is 0 Å². The van der Waals surface area contributed by atoms with Crippen LogP contribution in [0.4, 0.5) is 5.82 Å². The number of hydrogen-bond acceptors (Lipinski definition) is 8. The molecule has 0 aromatic carbocycles. The Morgan fingerprint density at radius 3 is 2.77 bits per heavy atom. The van der Waals surface area contributed by atoms with Crippen molar-refractivity contribution in [2.24, 2.45) is 10.1 Å². The summed E-state index contributed by atoms with van der Waals surface area (Å²) in [6, 6.07) is 4.11. The maximum atomic E-state index is 5.01. The van der Waals surface area contributed by atoms with E-state index in [4.69, 9.17) is 4.84 Å². The molecule has 138 valence electrons. The maximum absolute atomic E-state index is 5.01. The van der Waals surface area contributed by atoms with E-state index < -0.39 is 0 Å². The van der Waals surface area contributed by atoms with Crippen LogP contribution in [0, 0.1) is 6.92 Å². The summed E-state index contributed by atoms with van der Waals surface area (Å²) >= 11 is 0. The summed E-state index contributed by atoms with van der Waals surface area (Å²) in [6.07, 6.45) is 1.85. The minimum Gasteiger partial charge on any atom is -0.354 e. The van der Waals surface area contributed by atoms with Crippen LogP contribution in [0.1, 0.15) is 17.2 Å². The quantitative estimate of drug-likeness (QED) is 0.447. The molecular weight excluding hydrogens is 332 g/mol. The third kappa shape index (κ3) is 4.05. The number of hydrogen-bond donors (Lipinski definition) is 0. The van der Waals surface area contributed by atoms with Gasteiger partial charge in [0.25, 0.3) is 5.90 Å². The normalized spacial score (nSPS) is 16.0. The topological polar surface area (TPSA) is 84.0 Å². The summed E-state index contributed by atoms with van der Waals surface area (Å²) in [5, 5.41) is 7.86. The number of aryl methyl sites for hydroxylation is 1. The number of oxime groups is 1. The number of anilines is 1. The Morgan fingerprint density at radius 1 is 1.31 bits per heavy atom. The van der Waals surface area contributed by atoms with Gasteiger partial charge < -0.3 is 14.6 Å². The molecule has 0 unspecified atom stereocenters. The average molecular weight is 356 g/mol. The Labute approximate surface area is 153 Å². The van der Waals surface area contributed by atoms with Gasteiger partial charge in [-0.3, -0.25) is 0 Å². The highest BCUT2D eigenvalue weighted by Gasteiger charge is 2.17. The SMILES string of the molecule is C=NOC(=NC)c1nc(C)n(Cc2ccnc(N3CCN(C)CC3)c2)n1. The summed E-state index contributed by atoms with van der Waals surface area (Å²) in [4.78, 5) is 22.6. The highest BCUT2D eigenvalue weighted by atomic mass is 16.6. The lowest BCUT2D eigenvalue weighted by atomic mass is 10.2. The largest absolute Gasteiger partial charge is 0.354 e. The molecule has 2 aromatic heterocycles. The highest BCUT2D eigenvalue weighted by Crippen LogP contribution is 2.16. The molecule has 0 radical (unpaired) electrons. The molecule has 0 saturated carbocycles. The van der Waals surface area contributed by atoms with E-state index in [1.807, 2.05) is 23.9 Å². The lowest BCUT2D eigenvalue weighted by molar-refractivity contribution is 0.312. The number of nitrogens with zero attached hydrogens (tertiary/aromatic N) is 8. The second kappa shape index (κ2) is 8.05. The van der Waals surface area contributed by atoms with Crippen molar-refractivity contribution in [2.75, 3.05) is 45.2 Å². The lowest BCUT2D eigenvalue weighted by Crippen LogP contribution is -2.44. The highest BCUT2D eigenvalue weighted by molar-refractivity contribution is 5.90. The van der Waals surface area contributed by atoms with Crippen LogP contribution < -0.4 is 4.90 Å². The molecule has 0 amide bonds. The second-order valence-electron chi connectivity index (χ2n) is 6.20. The smallest absolute Gasteiger partial charge is 0.290 e. The van der Waals surface area contributed by atoms with E-state index >= 15 is 0 Å². The van der Waals surface area contributed by atoms with E-state index in [1.54, 1.807) is 7.05 Å². The van der Waals surface area contributed by atoms with Crippen LogP contribution in [0.3, 0.4) is 0 Å². The van der Waals surface area contributed by atoms with Crippen LogP contribution >= 0.6 is 0 Å². The fourth-order valence-corrected chi connectivity index (χ4v) is 2.84. The molecule has 9 heteroatoms. The first kappa shape index (κ1) is 18.0. The van der Waals surface area contributed by atoms with Crippen molar-refractivity contribution in [1.29, 1.82) is 0 Å². The second-order valence-corrected chi connectivity index (χ2v) is 6.20. The molecule has 0 N–H and O–H groups in total. The zero-order valence-corrected chi connectivity index (χ0v) is 15.5. The number of pyridine rings is 1. The molecule has 2 aromatic rings. The Kier molecular flexibility index (Phi) is 5.57. The summed E-state index contributed by atoms with van der Waals surface area (Å²) in [5.74, 6) is 2.41. The number of likely N-dealkylation sites (N-methyl/N-ethyl adjacent to an activating group) is 1. The van der Waals surface area contributed by atoms with E-state index in [0.717, 1.165) is 43.4 Å². The van der Waals surface area contributed by atoms with Crippen LogP contribution in [0.2, 0.25) is 0 Å². The number of piperazine rings is 1. The predicted molar refractivity (Wildman–Crippen MR) is 101 cm³/mol. The molecule has 3 heterocycles. The van der Waals surface area contributed by atoms with Crippen molar-refractivity contribution >= 4 is 18.4 Å². The van der Waals surface area contributed by atoms with Crippen molar-refractivity contribution in [3.8, 4) is 0 Å². The van der Waals surface area contributed by atoms with Crippen LogP contribution in [-0.4, -0.2) is 77.5 Å². The van der Waals surface area contributed by atoms with Gasteiger partial charge in [0.2, 0.25) is 5.82 Å². The molecule has 0 spiro atoms. The van der Waals surface area contributed by atoms with Crippen molar-refractivity contribution in [2.45, 2.75) is 13.5 Å². The first-order valence-electron chi connectivity index (χ1n) is 8.50. The van der Waals surface area contributed by atoms with Gasteiger partial charge in [0, 0.05) is 46.1 Å². The van der Waals surface area contributed by atoms with E-state index in [9.17, 15) is 0 Å². The summed E-state index contributed by atoms with van der Waals surface area (Å²) in [5.41, 5.74) is 1.12. The van der Waals surface area contributed by atoms with Crippen LogP contribution in [-0.2, 0) is 11.4 Å². The van der Waals surface area contributed by atoms with E-state index in [1.165, 1.54) is 0 Å². The van der Waals surface area contributed by atoms with Gasteiger partial charge in [-0.15, -0.1) is 5.10 Å². The van der Waals surface area contributed by atoms with Gasteiger partial charge >= 0.3 is 0 Å². The Balaban J connectivity index is 1.76. The summed E-state index contributed by atoms with van der Waals surface area (Å²) in [6.45, 7) is 9.87. The van der Waals surface area contributed by atoms with Crippen LogP contribution in [0.5, 0.6) is 0 Å². The minimum absolute atomic E-state index is 0.245. The standard InChI is InChI=1S/C17H24N8O/c1-13-21-16(17(18-2)26-19-3)22-25(13)12-14-5-6-20-15(11-14)24-9-7-23(4)8-10-24/h5-6,11H,3,7-10,12H2,1-2,4H3. The first-order valence-corrected chi connectivity index (χ1v) is 8.50. The van der Waals surface area contributed by atoms with Crippen LogP contribution in [0.15, 0.2) is 28.5 Å². The number of rotatable bonds is 5. The average Bonchev–Trinajstić information content (AvgIpc) is 3.01. The Bertz CT molecular complexity index is 792. The maximum Gasteiger partial charge on any atom is 0.290 e. The third-order valence-electron chi connectivity index (χ3n) is 4.37. The molecule has 26 heavy (non-hydrogen) atoms. The Hall–Kier alpha value is -2.81. The molecule has 1 fully saturated rings. The van der Waals surface area contributed by atoms with Gasteiger partial charge in [0.05, 0.1) is 6.54 Å². The number of aromatic nitrogens is 4. The monoisotopic (exact) mass is 356 g/mol. The fraction of sp³-hybridized carbons (Fsp3) is 0.471. The predicted octanol–water partition coefficient (Wildman–Crippen LogP) is 0.790. The van der Waals surface area contributed by atoms with Gasteiger partial charge in [-0.2, -0.15) is 0 Å². The zero-order chi connectivity index (χ0) is 18.5. The Morgan fingerprint density at radius 2 is 2.08 bits per heavy atom. The summed E-state index contributed by atoms with van der Waals surface area (Å²) < 4.78 is 1.82. The lowest BCUT2D eigenvalue weighted by Gasteiger charge is -2.33. The molecule has 3 rings (SSSR count). The van der Waals surface area contributed by atoms with E-state index in [-0.39, 0.29) is 5.90 Å². The molecule has 1 aliphatic rings. The molecular formula is C17H24N8O. The van der Waals surface area contributed by atoms with E-state index in [2.05, 4.69) is 54.8 Å². The third-order valence-corrected chi connectivity index (χ3v) is 4.37. The van der Waals surface area contributed by atoms with Crippen molar-refractivity contribution in [3.05, 3.63) is 35.5 Å². The fourth-order valence-electron chi connectivity index (χ4n) is 2.84. The molecule has 0 bridgehead atoms. The first-order chi connectivity index (χ1) is 12.6. The minimum atomic E-state index is 0.245. The molecule has 1 aliphatic heterocycles. The molecule has 0 atom stereocenters. The van der Waals surface area contributed by atoms with Gasteiger partial charge in [0.1, 0.15) is 11.6 Å². The van der Waals surface area contributed by atoms with E-state index in [0.29, 0.717) is 12.4 Å². The number of aliphatic imine (C=N–C) groups is 1. The molecule has 1 saturated heterocycles. The van der Waals surface area contributed by atoms with Gasteiger partial charge in [-0.25, -0.2) is 19.6 Å². The van der Waals surface area contributed by atoms with Gasteiger partial charge in [0.15, 0.2) is 0 Å². The van der Waals surface area contributed by atoms with Crippen molar-refractivity contribution in [1.82, 2.24) is 24.6 Å². The molecule has 0 aliphatic carbocycles.